The maximum absolute atomic E-state index is 10.2. The van der Waals surface area contributed by atoms with E-state index < -0.39 is 0 Å². The van der Waals surface area contributed by atoms with Crippen molar-refractivity contribution in [3.63, 3.8) is 0 Å². The van der Waals surface area contributed by atoms with Crippen molar-refractivity contribution in [2.75, 3.05) is 28.6 Å². The number of phenolic OH excluding ortho intramolecular Hbond substituents is 1. The predicted molar refractivity (Wildman–Crippen MR) is 129 cm³/mol. The molecule has 3 aliphatic rings. The van der Waals surface area contributed by atoms with Gasteiger partial charge in [0.25, 0.3) is 0 Å². The molecule has 174 valence electrons. The minimum absolute atomic E-state index is 0.161. The van der Waals surface area contributed by atoms with Gasteiger partial charge in [0, 0.05) is 24.8 Å². The van der Waals surface area contributed by atoms with Crippen LogP contribution in [0.25, 0.3) is 11.3 Å². The van der Waals surface area contributed by atoms with Crippen molar-refractivity contribution in [1.29, 1.82) is 0 Å². The fraction of sp³-hybridized carbons (Fsp3) is 0.250. The normalized spacial score (nSPS) is 18.5. The second kappa shape index (κ2) is 8.57. The molecule has 3 saturated heterocycles. The van der Waals surface area contributed by atoms with Crippen molar-refractivity contribution >= 4 is 17.3 Å². The summed E-state index contributed by atoms with van der Waals surface area (Å²) in [7, 11) is 0. The van der Waals surface area contributed by atoms with E-state index in [4.69, 9.17) is 5.73 Å². The molecule has 3 fully saturated rings. The van der Waals surface area contributed by atoms with E-state index in [-0.39, 0.29) is 5.75 Å². The van der Waals surface area contributed by atoms with Gasteiger partial charge in [0.1, 0.15) is 30.8 Å². The van der Waals surface area contributed by atoms with Crippen LogP contribution in [0.5, 0.6) is 5.75 Å². The zero-order valence-corrected chi connectivity index (χ0v) is 18.7. The van der Waals surface area contributed by atoms with Gasteiger partial charge in [-0.2, -0.15) is 5.10 Å². The molecule has 11 heteroatoms. The van der Waals surface area contributed by atoms with Gasteiger partial charge in [0.15, 0.2) is 5.82 Å². The van der Waals surface area contributed by atoms with E-state index in [1.54, 1.807) is 29.3 Å². The first-order chi connectivity index (χ1) is 17.2. The van der Waals surface area contributed by atoms with E-state index in [1.807, 2.05) is 24.3 Å². The molecule has 2 unspecified atom stereocenters. The minimum Gasteiger partial charge on any atom is -0.507 e. The molecule has 0 saturated carbocycles. The number of rotatable bonds is 4. The predicted octanol–water partition coefficient (Wildman–Crippen LogP) is 1.33. The van der Waals surface area contributed by atoms with Crippen molar-refractivity contribution in [2.45, 2.75) is 25.0 Å². The van der Waals surface area contributed by atoms with Gasteiger partial charge in [0.05, 0.1) is 23.5 Å². The van der Waals surface area contributed by atoms with Crippen LogP contribution in [0.2, 0.25) is 0 Å². The number of anilines is 3. The highest BCUT2D eigenvalue weighted by atomic mass is 16.3. The van der Waals surface area contributed by atoms with Gasteiger partial charge in [-0.25, -0.2) is 19.6 Å². The van der Waals surface area contributed by atoms with Crippen LogP contribution in [0.1, 0.15) is 12.2 Å². The summed E-state index contributed by atoms with van der Waals surface area (Å²) in [6.07, 6.45) is 5.93. The van der Waals surface area contributed by atoms with Crippen molar-refractivity contribution in [2.24, 2.45) is 0 Å². The average Bonchev–Trinajstić information content (AvgIpc) is 3.39. The molecule has 11 nitrogen and oxygen atoms in total. The Kier molecular flexibility index (Phi) is 5.11. The van der Waals surface area contributed by atoms with E-state index in [0.29, 0.717) is 41.5 Å². The molecule has 4 aromatic rings. The van der Waals surface area contributed by atoms with Gasteiger partial charge in [-0.3, -0.25) is 0 Å². The topological polar surface area (TPSA) is 135 Å². The number of phenols is 1. The lowest BCUT2D eigenvalue weighted by molar-refractivity contribution is 0.289. The number of para-hydroxylation sites is 1. The minimum atomic E-state index is 0.161. The number of hydrogen-bond acceptors (Lipinski definition) is 10. The third-order valence-electron chi connectivity index (χ3n) is 6.33. The molecule has 2 bridgehead atoms. The van der Waals surface area contributed by atoms with E-state index in [1.165, 1.54) is 6.33 Å². The molecule has 0 radical (unpaired) electrons. The van der Waals surface area contributed by atoms with Crippen molar-refractivity contribution in [3.8, 4) is 28.8 Å². The number of piperidine rings is 1. The molecule has 0 spiro atoms. The third kappa shape index (κ3) is 3.95. The fourth-order valence-corrected chi connectivity index (χ4v) is 4.71. The summed E-state index contributed by atoms with van der Waals surface area (Å²) >= 11 is 0. The second-order valence-electron chi connectivity index (χ2n) is 8.51. The largest absolute Gasteiger partial charge is 0.507 e. The second-order valence-corrected chi connectivity index (χ2v) is 8.51. The Morgan fingerprint density at radius 2 is 1.97 bits per heavy atom. The zero-order chi connectivity index (χ0) is 23.8. The Morgan fingerprint density at radius 3 is 2.77 bits per heavy atom. The molecule has 0 aliphatic carbocycles. The van der Waals surface area contributed by atoms with Crippen LogP contribution in [-0.2, 0) is 6.54 Å². The quantitative estimate of drug-likeness (QED) is 0.424. The smallest absolute Gasteiger partial charge is 0.206 e. The Morgan fingerprint density at radius 1 is 1.11 bits per heavy atom. The average molecular weight is 467 g/mol. The van der Waals surface area contributed by atoms with Crippen LogP contribution in [0.4, 0.5) is 17.3 Å². The van der Waals surface area contributed by atoms with E-state index in [2.05, 4.69) is 51.9 Å². The lowest BCUT2D eigenvalue weighted by Crippen LogP contribution is -2.69. The van der Waals surface area contributed by atoms with Gasteiger partial charge in [-0.05, 0) is 36.6 Å². The maximum Gasteiger partial charge on any atom is 0.206 e. The van der Waals surface area contributed by atoms with Crippen molar-refractivity contribution in [1.82, 2.24) is 34.9 Å². The molecular formula is C24H22N10O. The summed E-state index contributed by atoms with van der Waals surface area (Å²) < 4.78 is 1.65. The molecular weight excluding hydrogens is 444 g/mol. The number of fused-ring (bicyclic) bond motifs is 2. The van der Waals surface area contributed by atoms with Crippen LogP contribution in [-0.4, -0.2) is 65.2 Å². The molecule has 6 heterocycles. The standard InChI is InChI=1S/C24H22N10O/c25-24-20(11-19(30-31-24)18-4-1-2-5-21(18)35)32-12-16-10-17(13-32)34(16)23-7-8-27-22(29-23)6-3-9-33-15-26-14-28-33/h1-2,4-5,7-8,11,14-17,35H,9-10,12-13H2,(H2,25,31). The summed E-state index contributed by atoms with van der Waals surface area (Å²) in [5.41, 5.74) is 8.25. The molecule has 35 heavy (non-hydrogen) atoms. The molecule has 0 amide bonds. The zero-order valence-electron chi connectivity index (χ0n) is 18.7. The Hall–Kier alpha value is -4.72. The van der Waals surface area contributed by atoms with Gasteiger partial charge < -0.3 is 20.6 Å². The van der Waals surface area contributed by atoms with Crippen LogP contribution in [0.15, 0.2) is 55.2 Å². The molecule has 3 aliphatic heterocycles. The number of aromatic nitrogens is 7. The summed E-state index contributed by atoms with van der Waals surface area (Å²) in [4.78, 5) is 17.4. The highest BCUT2D eigenvalue weighted by Gasteiger charge is 2.46. The highest BCUT2D eigenvalue weighted by molar-refractivity contribution is 5.74. The van der Waals surface area contributed by atoms with Gasteiger partial charge in [-0.1, -0.05) is 18.1 Å². The van der Waals surface area contributed by atoms with Crippen LogP contribution < -0.4 is 15.5 Å². The molecule has 3 N–H and O–H groups in total. The number of nitrogen functional groups attached to an aromatic ring is 1. The molecule has 2 atom stereocenters. The van der Waals surface area contributed by atoms with Gasteiger partial charge in [0.2, 0.25) is 5.82 Å². The molecule has 3 aromatic heterocycles. The number of nitrogens with two attached hydrogens (primary N) is 1. The summed E-state index contributed by atoms with van der Waals surface area (Å²) in [6.45, 7) is 2.00. The third-order valence-corrected chi connectivity index (χ3v) is 6.33. The SMILES string of the molecule is Nc1nnc(-c2ccccc2O)cc1N1CC2CC(C1)N2c1ccnc(C#CCn2cncn2)n1. The number of nitrogens with zero attached hydrogens (tertiary/aromatic N) is 9. The Balaban J connectivity index is 1.19. The van der Waals surface area contributed by atoms with Crippen LogP contribution >= 0.6 is 0 Å². The fourth-order valence-electron chi connectivity index (χ4n) is 4.71. The lowest BCUT2D eigenvalue weighted by Gasteiger charge is -2.57. The van der Waals surface area contributed by atoms with Crippen molar-refractivity contribution in [3.05, 3.63) is 61.1 Å². The van der Waals surface area contributed by atoms with E-state index >= 15 is 0 Å². The number of piperazine rings is 1. The summed E-state index contributed by atoms with van der Waals surface area (Å²) in [5.74, 6) is 7.94. The van der Waals surface area contributed by atoms with E-state index in [0.717, 1.165) is 31.0 Å². The lowest BCUT2D eigenvalue weighted by atomic mass is 9.87. The van der Waals surface area contributed by atoms with Crippen LogP contribution in [0.3, 0.4) is 0 Å². The Labute approximate surface area is 201 Å². The maximum atomic E-state index is 10.2. The number of hydrogen-bond donors (Lipinski definition) is 2. The number of benzene rings is 1. The van der Waals surface area contributed by atoms with Gasteiger partial charge in [-0.15, -0.1) is 10.2 Å². The first kappa shape index (κ1) is 20.9. The van der Waals surface area contributed by atoms with Crippen molar-refractivity contribution < 1.29 is 5.11 Å². The van der Waals surface area contributed by atoms with Crippen LogP contribution in [0, 0.1) is 11.8 Å². The summed E-state index contributed by atoms with van der Waals surface area (Å²) in [6, 6.07) is 11.5. The first-order valence-electron chi connectivity index (χ1n) is 11.2. The highest BCUT2D eigenvalue weighted by Crippen LogP contribution is 2.39. The summed E-state index contributed by atoms with van der Waals surface area (Å²) in [5, 5.41) is 22.6. The Bertz CT molecular complexity index is 1420. The molecule has 7 rings (SSSR count). The van der Waals surface area contributed by atoms with E-state index in [9.17, 15) is 5.11 Å². The molecule has 1 aromatic carbocycles. The first-order valence-corrected chi connectivity index (χ1v) is 11.2. The number of aromatic hydroxyl groups is 1. The van der Waals surface area contributed by atoms with Gasteiger partial charge >= 0.3 is 0 Å². The monoisotopic (exact) mass is 466 g/mol.